The van der Waals surface area contributed by atoms with Crippen LogP contribution in [0.2, 0.25) is 0 Å². The van der Waals surface area contributed by atoms with E-state index in [9.17, 15) is 4.79 Å². The summed E-state index contributed by atoms with van der Waals surface area (Å²) in [5.41, 5.74) is 5.19. The molecule has 0 bridgehead atoms. The van der Waals surface area contributed by atoms with Crippen LogP contribution in [-0.4, -0.2) is 23.0 Å². The largest absolute Gasteiger partial charge is 0.497 e. The molecule has 1 aliphatic rings. The van der Waals surface area contributed by atoms with E-state index in [1.807, 2.05) is 44.2 Å². The summed E-state index contributed by atoms with van der Waals surface area (Å²) in [7, 11) is 1.66. The number of fused-ring (bicyclic) bond motifs is 1. The summed E-state index contributed by atoms with van der Waals surface area (Å²) >= 11 is 1.66. The number of aryl methyl sites for hydroxylation is 3. The fraction of sp³-hybridized carbons (Fsp3) is 0.296. The van der Waals surface area contributed by atoms with Gasteiger partial charge in [-0.05, 0) is 81.0 Å². The third-order valence-corrected chi connectivity index (χ3v) is 7.40. The van der Waals surface area contributed by atoms with Crippen LogP contribution in [0.15, 0.2) is 53.1 Å². The maximum Gasteiger partial charge on any atom is 0.291 e. The van der Waals surface area contributed by atoms with Crippen molar-refractivity contribution in [3.8, 4) is 5.75 Å². The Kier molecular flexibility index (Phi) is 6.55. The Balaban J connectivity index is 1.62. The lowest BCUT2D eigenvalue weighted by Crippen LogP contribution is -2.19. The number of benzene rings is 1. The lowest BCUT2D eigenvalue weighted by molar-refractivity contribution is 0.0997. The van der Waals surface area contributed by atoms with Gasteiger partial charge in [0.15, 0.2) is 5.76 Å². The molecule has 0 saturated heterocycles. The van der Waals surface area contributed by atoms with Gasteiger partial charge in [-0.1, -0.05) is 12.1 Å². The minimum absolute atomic E-state index is 0.257. The molecule has 1 aromatic carbocycles. The molecule has 0 radical (unpaired) electrons. The van der Waals surface area contributed by atoms with Crippen molar-refractivity contribution < 1.29 is 13.9 Å². The number of nitrogens with zero attached hydrogens (tertiary/aromatic N) is 2. The number of carbonyl (C=O) groups is 1. The van der Waals surface area contributed by atoms with E-state index >= 15 is 0 Å². The van der Waals surface area contributed by atoms with Crippen LogP contribution in [0.1, 0.15) is 62.4 Å². The molecule has 3 aromatic heterocycles. The number of ether oxygens (including phenoxy) is 1. The quantitative estimate of drug-likeness (QED) is 0.327. The van der Waals surface area contributed by atoms with E-state index in [0.717, 1.165) is 58.9 Å². The van der Waals surface area contributed by atoms with E-state index in [4.69, 9.17) is 9.15 Å². The van der Waals surface area contributed by atoms with Gasteiger partial charge >= 0.3 is 0 Å². The molecular formula is C27H28N4O3S. The van der Waals surface area contributed by atoms with Gasteiger partial charge in [-0.2, -0.15) is 0 Å². The number of methoxy groups -OCH3 is 1. The van der Waals surface area contributed by atoms with Gasteiger partial charge in [-0.3, -0.25) is 4.79 Å². The van der Waals surface area contributed by atoms with Crippen molar-refractivity contribution in [2.45, 2.75) is 45.6 Å². The summed E-state index contributed by atoms with van der Waals surface area (Å²) in [5, 5.41) is 7.55. The summed E-state index contributed by atoms with van der Waals surface area (Å²) in [6, 6.07) is 13.1. The highest BCUT2D eigenvalue weighted by atomic mass is 32.1. The maximum absolute atomic E-state index is 13.0. The monoisotopic (exact) mass is 488 g/mol. The van der Waals surface area contributed by atoms with Gasteiger partial charge in [0.25, 0.3) is 5.91 Å². The second-order valence-corrected chi connectivity index (χ2v) is 9.82. The molecule has 7 nitrogen and oxygen atoms in total. The van der Waals surface area contributed by atoms with Crippen LogP contribution in [0.5, 0.6) is 5.75 Å². The first-order valence-corrected chi connectivity index (χ1v) is 12.6. The molecule has 0 saturated carbocycles. The molecule has 180 valence electrons. The molecule has 4 aromatic rings. The number of hydrogen-bond donors (Lipinski definition) is 2. The van der Waals surface area contributed by atoms with Gasteiger partial charge in [-0.25, -0.2) is 9.97 Å². The second-order valence-electron chi connectivity index (χ2n) is 8.71. The number of aromatic nitrogens is 2. The van der Waals surface area contributed by atoms with Crippen LogP contribution in [0.4, 0.5) is 10.9 Å². The molecule has 2 N–H and O–H groups in total. The number of carbonyl (C=O) groups excluding carboxylic acids is 1. The molecule has 8 heteroatoms. The van der Waals surface area contributed by atoms with Crippen LogP contribution in [0.25, 0.3) is 0 Å². The van der Waals surface area contributed by atoms with Crippen molar-refractivity contribution in [3.05, 3.63) is 87.4 Å². The highest BCUT2D eigenvalue weighted by Gasteiger charge is 2.29. The first kappa shape index (κ1) is 23.1. The van der Waals surface area contributed by atoms with Gasteiger partial charge < -0.3 is 19.8 Å². The zero-order valence-corrected chi connectivity index (χ0v) is 20.9. The number of rotatable bonds is 7. The highest BCUT2D eigenvalue weighted by Crippen LogP contribution is 2.44. The fourth-order valence-electron chi connectivity index (χ4n) is 4.60. The average molecular weight is 489 g/mol. The Labute approximate surface area is 208 Å². The Morgan fingerprint density at radius 2 is 1.83 bits per heavy atom. The van der Waals surface area contributed by atoms with E-state index in [1.54, 1.807) is 30.6 Å². The molecule has 5 rings (SSSR count). The van der Waals surface area contributed by atoms with Gasteiger partial charge in [0.2, 0.25) is 5.95 Å². The zero-order valence-electron chi connectivity index (χ0n) is 20.1. The molecule has 1 aliphatic carbocycles. The number of hydrogen-bond acceptors (Lipinski definition) is 7. The minimum atomic E-state index is -0.258. The Morgan fingerprint density at radius 3 is 2.51 bits per heavy atom. The van der Waals surface area contributed by atoms with Crippen molar-refractivity contribution in [1.29, 1.82) is 0 Å². The normalized spacial score (nSPS) is 13.7. The molecular weight excluding hydrogens is 460 g/mol. The van der Waals surface area contributed by atoms with Gasteiger partial charge in [0.05, 0.1) is 19.4 Å². The maximum atomic E-state index is 13.0. The average Bonchev–Trinajstić information content (AvgIpc) is 3.50. The molecule has 3 heterocycles. The predicted molar refractivity (Wildman–Crippen MR) is 138 cm³/mol. The van der Waals surface area contributed by atoms with Crippen LogP contribution < -0.4 is 15.4 Å². The van der Waals surface area contributed by atoms with Crippen molar-refractivity contribution >= 4 is 28.2 Å². The highest BCUT2D eigenvalue weighted by molar-refractivity contribution is 7.16. The number of furan rings is 1. The third kappa shape index (κ3) is 4.93. The molecule has 0 spiro atoms. The number of nitrogens with one attached hydrogen (secondary N) is 2. The Hall–Kier alpha value is -3.65. The third-order valence-electron chi connectivity index (χ3n) is 6.18. The Morgan fingerprint density at radius 1 is 1.09 bits per heavy atom. The predicted octanol–water partition coefficient (Wildman–Crippen LogP) is 6.09. The zero-order chi connectivity index (χ0) is 24.4. The van der Waals surface area contributed by atoms with E-state index in [0.29, 0.717) is 5.95 Å². The van der Waals surface area contributed by atoms with Gasteiger partial charge in [0, 0.05) is 21.8 Å². The molecule has 1 amide bonds. The van der Waals surface area contributed by atoms with Crippen LogP contribution in [0.3, 0.4) is 0 Å². The topological polar surface area (TPSA) is 89.3 Å². The number of anilines is 2. The fourth-order valence-corrected chi connectivity index (χ4v) is 5.92. The van der Waals surface area contributed by atoms with Crippen LogP contribution >= 0.6 is 11.3 Å². The molecule has 0 fully saturated rings. The summed E-state index contributed by atoms with van der Waals surface area (Å²) in [6.07, 6.45) is 5.77. The van der Waals surface area contributed by atoms with Crippen molar-refractivity contribution in [3.63, 3.8) is 0 Å². The van der Waals surface area contributed by atoms with E-state index < -0.39 is 0 Å². The molecule has 0 aliphatic heterocycles. The second kappa shape index (κ2) is 9.92. The summed E-state index contributed by atoms with van der Waals surface area (Å²) in [6.45, 7) is 3.92. The minimum Gasteiger partial charge on any atom is -0.497 e. The lowest BCUT2D eigenvalue weighted by Gasteiger charge is -2.24. The lowest BCUT2D eigenvalue weighted by atomic mass is 9.89. The standard InChI is InChI=1S/C27H28N4O3S/c1-16-15-17(2)29-27(28-16)30-24(18-10-12-19(33-3)13-11-18)23-20-7-4-5-9-22(20)35-26(23)31-25(32)21-8-6-14-34-21/h6,8,10-15,24H,4-5,7,9H2,1-3H3,(H,31,32)(H,28,29,30)/t24-/m1/s1. The summed E-state index contributed by atoms with van der Waals surface area (Å²) in [5.74, 6) is 1.37. The molecule has 0 unspecified atom stereocenters. The van der Waals surface area contributed by atoms with Crippen molar-refractivity contribution in [1.82, 2.24) is 9.97 Å². The molecule has 1 atom stereocenters. The SMILES string of the molecule is COc1ccc([C@@H](Nc2nc(C)cc(C)n2)c2c(NC(=O)c3ccco3)sc3c2CCCC3)cc1. The van der Waals surface area contributed by atoms with Crippen LogP contribution in [0, 0.1) is 13.8 Å². The summed E-state index contributed by atoms with van der Waals surface area (Å²) < 4.78 is 10.7. The molecule has 35 heavy (non-hydrogen) atoms. The van der Waals surface area contributed by atoms with E-state index in [-0.39, 0.29) is 17.7 Å². The van der Waals surface area contributed by atoms with Crippen LogP contribution in [-0.2, 0) is 12.8 Å². The van der Waals surface area contributed by atoms with E-state index in [1.165, 1.54) is 16.7 Å². The summed E-state index contributed by atoms with van der Waals surface area (Å²) in [4.78, 5) is 23.6. The van der Waals surface area contributed by atoms with Gasteiger partial charge in [-0.15, -0.1) is 11.3 Å². The first-order chi connectivity index (χ1) is 17.0. The van der Waals surface area contributed by atoms with Gasteiger partial charge in [0.1, 0.15) is 10.8 Å². The Bertz CT molecular complexity index is 1310. The van der Waals surface area contributed by atoms with E-state index in [2.05, 4.69) is 20.6 Å². The van der Waals surface area contributed by atoms with Crippen molar-refractivity contribution in [2.75, 3.05) is 17.7 Å². The van der Waals surface area contributed by atoms with Crippen molar-refractivity contribution in [2.24, 2.45) is 0 Å². The first-order valence-electron chi connectivity index (χ1n) is 11.7. The smallest absolute Gasteiger partial charge is 0.291 e. The number of amides is 1. The number of thiophene rings is 1.